The number of amides is 1. The maximum absolute atomic E-state index is 17.1. The van der Waals surface area contributed by atoms with E-state index in [2.05, 4.69) is 9.71 Å². The number of nitrogens with one attached hydrogen (secondary N) is 1. The lowest BCUT2D eigenvalue weighted by molar-refractivity contribution is -0.0221. The van der Waals surface area contributed by atoms with Crippen molar-refractivity contribution in [2.45, 2.75) is 63.0 Å². The predicted octanol–water partition coefficient (Wildman–Crippen LogP) is 5.49. The number of aliphatic hydroxyl groups excluding tert-OH is 1. The lowest BCUT2D eigenvalue weighted by Crippen LogP contribution is -2.40. The largest absolute Gasteiger partial charge is 0.395 e. The van der Waals surface area contributed by atoms with E-state index in [9.17, 15) is 27.1 Å². The summed E-state index contributed by atoms with van der Waals surface area (Å²) in [5, 5.41) is 8.57. The highest BCUT2D eigenvalue weighted by atomic mass is 32.2. The van der Waals surface area contributed by atoms with Crippen molar-refractivity contribution in [1.82, 2.24) is 4.98 Å². The molecule has 2 fully saturated rings. The van der Waals surface area contributed by atoms with Gasteiger partial charge in [-0.1, -0.05) is 17.4 Å². The molecule has 1 saturated carbocycles. The Balaban J connectivity index is 1.64. The molecule has 2 aliphatic carbocycles. The molecule has 1 aromatic heterocycles. The monoisotopic (exact) mass is 649 g/mol. The van der Waals surface area contributed by atoms with Crippen LogP contribution in [0.2, 0.25) is 0 Å². The standard InChI is InChI=1S/C30H34F3N5O4S2/c1-16(15-39)44(41,42)37-20-3-2-18(27(34)40)22(17-4-6-29(7-5-17)8-9-29)23(20)19-14-21-25(36-28(35)43-21)26(24(19)31)38-12-10-30(32,33)11-13-38/h2-4,14,16,37,39H,5-13,15H2,1H3,(H2,34,40)(H2,35,36). The molecule has 236 valence electrons. The fourth-order valence-electron chi connectivity index (χ4n) is 6.23. The lowest BCUT2D eigenvalue weighted by atomic mass is 9.80. The maximum Gasteiger partial charge on any atom is 0.251 e. The van der Waals surface area contributed by atoms with Crippen molar-refractivity contribution in [2.75, 3.05) is 35.1 Å². The number of nitrogens with two attached hydrogens (primary N) is 2. The van der Waals surface area contributed by atoms with Gasteiger partial charge in [0.25, 0.3) is 5.92 Å². The number of nitrogens with zero attached hydrogens (tertiary/aromatic N) is 2. The summed E-state index contributed by atoms with van der Waals surface area (Å²) in [6, 6.07) is 4.28. The van der Waals surface area contributed by atoms with Crippen LogP contribution in [0.5, 0.6) is 0 Å². The van der Waals surface area contributed by atoms with Crippen LogP contribution in [0, 0.1) is 11.2 Å². The summed E-state index contributed by atoms with van der Waals surface area (Å²) in [6.45, 7) is 0.411. The topological polar surface area (TPSA) is 152 Å². The number of rotatable bonds is 8. The second-order valence-electron chi connectivity index (χ2n) is 12.2. The molecule has 1 spiro atoms. The Labute approximate surface area is 257 Å². The minimum atomic E-state index is -4.16. The van der Waals surface area contributed by atoms with Gasteiger partial charge in [-0.15, -0.1) is 0 Å². The van der Waals surface area contributed by atoms with Gasteiger partial charge in [0.1, 0.15) is 16.5 Å². The molecule has 9 nitrogen and oxygen atoms in total. The van der Waals surface area contributed by atoms with Crippen LogP contribution in [0.4, 0.5) is 29.7 Å². The van der Waals surface area contributed by atoms with Crippen LogP contribution in [0.1, 0.15) is 67.8 Å². The Morgan fingerprint density at radius 3 is 2.48 bits per heavy atom. The third-order valence-corrected chi connectivity index (χ3v) is 11.7. The molecule has 14 heteroatoms. The van der Waals surface area contributed by atoms with E-state index >= 15 is 4.39 Å². The van der Waals surface area contributed by atoms with Crippen molar-refractivity contribution in [3.63, 3.8) is 0 Å². The van der Waals surface area contributed by atoms with Crippen LogP contribution in [-0.4, -0.2) is 55.3 Å². The highest BCUT2D eigenvalue weighted by Crippen LogP contribution is 2.57. The van der Waals surface area contributed by atoms with Crippen LogP contribution >= 0.6 is 11.3 Å². The third-order valence-electron chi connectivity index (χ3n) is 9.19. The summed E-state index contributed by atoms with van der Waals surface area (Å²) < 4.78 is 74.7. The van der Waals surface area contributed by atoms with Crippen LogP contribution in [0.15, 0.2) is 24.3 Å². The van der Waals surface area contributed by atoms with Crippen molar-refractivity contribution in [1.29, 1.82) is 0 Å². The Morgan fingerprint density at radius 2 is 1.89 bits per heavy atom. The molecule has 2 heterocycles. The Morgan fingerprint density at radius 1 is 1.18 bits per heavy atom. The fraction of sp³-hybridized carbons (Fsp3) is 0.467. The SMILES string of the molecule is CC(CO)S(=O)(=O)Nc1ccc(C(N)=O)c(C2=CCC3(CC2)CC3)c1-c1cc2sc(N)nc2c(N2CCC(F)(F)CC2)c1F. The van der Waals surface area contributed by atoms with E-state index in [-0.39, 0.29) is 57.2 Å². The molecule has 2 aromatic carbocycles. The number of allylic oxidation sites excluding steroid dienone is 2. The van der Waals surface area contributed by atoms with E-state index in [1.807, 2.05) is 6.08 Å². The number of hydrogen-bond donors (Lipinski definition) is 4. The average Bonchev–Trinajstić information content (AvgIpc) is 3.62. The molecule has 3 aliphatic rings. The molecule has 44 heavy (non-hydrogen) atoms. The zero-order valence-corrected chi connectivity index (χ0v) is 25.8. The quantitative estimate of drug-likeness (QED) is 0.252. The van der Waals surface area contributed by atoms with Crippen LogP contribution in [0.3, 0.4) is 0 Å². The summed E-state index contributed by atoms with van der Waals surface area (Å²) in [6.07, 6.45) is 5.46. The number of aliphatic hydroxyl groups is 1. The van der Waals surface area contributed by atoms with E-state index in [1.165, 1.54) is 30.0 Å². The van der Waals surface area contributed by atoms with Gasteiger partial charge in [0.05, 0.1) is 17.0 Å². The zero-order chi connectivity index (χ0) is 31.6. The van der Waals surface area contributed by atoms with Gasteiger partial charge >= 0.3 is 0 Å². The molecule has 1 atom stereocenters. The number of fused-ring (bicyclic) bond motifs is 1. The number of nitrogen functional groups attached to an aromatic ring is 1. The van der Waals surface area contributed by atoms with Crippen molar-refractivity contribution in [3.8, 4) is 11.1 Å². The fourth-order valence-corrected chi connectivity index (χ4v) is 7.88. The summed E-state index contributed by atoms with van der Waals surface area (Å²) in [5.74, 6) is -4.45. The number of anilines is 3. The minimum absolute atomic E-state index is 0.00947. The van der Waals surface area contributed by atoms with Gasteiger partial charge in [0.2, 0.25) is 15.9 Å². The normalized spacial score (nSPS) is 20.0. The Hall–Kier alpha value is -3.36. The lowest BCUT2D eigenvalue weighted by Gasteiger charge is -2.34. The number of thiazole rings is 1. The second kappa shape index (κ2) is 10.9. The van der Waals surface area contributed by atoms with Gasteiger partial charge in [-0.25, -0.2) is 26.6 Å². The molecule has 3 aromatic rings. The summed E-state index contributed by atoms with van der Waals surface area (Å²) in [4.78, 5) is 18.7. The number of hydrogen-bond acceptors (Lipinski definition) is 8. The number of piperidine rings is 1. The molecule has 1 unspecified atom stereocenters. The molecule has 0 radical (unpaired) electrons. The van der Waals surface area contributed by atoms with Gasteiger partial charge in [-0.05, 0) is 68.2 Å². The number of primary amides is 1. The first kappa shape index (κ1) is 30.7. The first-order valence-electron chi connectivity index (χ1n) is 14.5. The second-order valence-corrected chi connectivity index (χ2v) is 15.3. The van der Waals surface area contributed by atoms with Gasteiger partial charge in [-0.3, -0.25) is 9.52 Å². The Bertz CT molecular complexity index is 1790. The number of carbonyl (C=O) groups excluding carboxylic acids is 1. The first-order valence-corrected chi connectivity index (χ1v) is 16.9. The van der Waals surface area contributed by atoms with E-state index in [1.54, 1.807) is 0 Å². The summed E-state index contributed by atoms with van der Waals surface area (Å²) >= 11 is 1.08. The van der Waals surface area contributed by atoms with Gasteiger partial charge in [0.15, 0.2) is 10.9 Å². The number of aromatic nitrogens is 1. The molecule has 6 N–H and O–H groups in total. The van der Waals surface area contributed by atoms with Crippen molar-refractivity contribution in [3.05, 3.63) is 41.2 Å². The molecule has 1 aliphatic heterocycles. The number of carbonyl (C=O) groups is 1. The number of halogens is 3. The predicted molar refractivity (Wildman–Crippen MR) is 167 cm³/mol. The number of benzene rings is 2. The third kappa shape index (κ3) is 5.51. The molecule has 1 saturated heterocycles. The smallest absolute Gasteiger partial charge is 0.251 e. The van der Waals surface area contributed by atoms with E-state index in [0.717, 1.165) is 42.6 Å². The summed E-state index contributed by atoms with van der Waals surface area (Å²) in [7, 11) is -4.16. The number of sulfonamides is 1. The molecule has 6 rings (SSSR count). The van der Waals surface area contributed by atoms with Crippen LogP contribution < -0.4 is 21.1 Å². The van der Waals surface area contributed by atoms with Crippen LogP contribution in [-0.2, 0) is 10.0 Å². The molecular formula is C30H34F3N5O4S2. The summed E-state index contributed by atoms with van der Waals surface area (Å²) in [5.41, 5.74) is 13.5. The van der Waals surface area contributed by atoms with Crippen molar-refractivity contribution in [2.24, 2.45) is 11.1 Å². The Kier molecular flexibility index (Phi) is 7.60. The van der Waals surface area contributed by atoms with E-state index in [4.69, 9.17) is 11.5 Å². The van der Waals surface area contributed by atoms with Crippen molar-refractivity contribution >= 4 is 59.6 Å². The molecule has 0 bridgehead atoms. The van der Waals surface area contributed by atoms with Crippen LogP contribution in [0.25, 0.3) is 26.9 Å². The van der Waals surface area contributed by atoms with Gasteiger partial charge in [0, 0.05) is 48.2 Å². The molecular weight excluding hydrogens is 615 g/mol. The van der Waals surface area contributed by atoms with Gasteiger partial charge < -0.3 is 21.5 Å². The minimum Gasteiger partial charge on any atom is -0.395 e. The van der Waals surface area contributed by atoms with Crippen molar-refractivity contribution < 1.29 is 31.5 Å². The number of alkyl halides is 2. The highest BCUT2D eigenvalue weighted by molar-refractivity contribution is 7.93. The van der Waals surface area contributed by atoms with E-state index in [0.29, 0.717) is 16.7 Å². The average molecular weight is 650 g/mol. The maximum atomic E-state index is 17.1. The van der Waals surface area contributed by atoms with E-state index < -0.39 is 52.4 Å². The first-order chi connectivity index (χ1) is 20.7. The molecule has 1 amide bonds. The zero-order valence-electron chi connectivity index (χ0n) is 24.1. The highest BCUT2D eigenvalue weighted by Gasteiger charge is 2.43. The van der Waals surface area contributed by atoms with Gasteiger partial charge in [-0.2, -0.15) is 0 Å².